The summed E-state index contributed by atoms with van der Waals surface area (Å²) in [5.74, 6) is 0. The van der Waals surface area contributed by atoms with E-state index in [1.165, 1.54) is 28.6 Å². The molecule has 0 spiro atoms. The number of halogens is 1. The molecule has 146 valence electrons. The minimum absolute atomic E-state index is 0.0920. The lowest BCUT2D eigenvalue weighted by Gasteiger charge is -2.23. The molecule has 8 heteroatoms. The highest BCUT2D eigenvalue weighted by molar-refractivity contribution is 8.14. The molecule has 3 aromatic carbocycles. The lowest BCUT2D eigenvalue weighted by molar-refractivity contribution is 0.400. The SMILES string of the molecule is O=S(=O)(Cl)c1ccccc1S(=O)(=O)N(Cc1ccccc1)Cc1ccccc1. The maximum Gasteiger partial charge on any atom is 0.262 e. The van der Waals surface area contributed by atoms with Crippen molar-refractivity contribution in [1.82, 2.24) is 4.31 Å². The molecule has 3 aromatic rings. The van der Waals surface area contributed by atoms with Gasteiger partial charge >= 0.3 is 0 Å². The molecule has 0 aliphatic carbocycles. The quantitative estimate of drug-likeness (QED) is 0.526. The van der Waals surface area contributed by atoms with Crippen molar-refractivity contribution in [1.29, 1.82) is 0 Å². The summed E-state index contributed by atoms with van der Waals surface area (Å²) >= 11 is 0. The number of sulfonamides is 1. The Kier molecular flexibility index (Phi) is 6.20. The molecule has 0 atom stereocenters. The number of benzene rings is 3. The second kappa shape index (κ2) is 8.45. The molecular formula is C20H18ClNO4S2. The highest BCUT2D eigenvalue weighted by Crippen LogP contribution is 2.28. The molecule has 0 aliphatic heterocycles. The van der Waals surface area contributed by atoms with Crippen molar-refractivity contribution >= 4 is 29.8 Å². The zero-order valence-electron chi connectivity index (χ0n) is 14.8. The highest BCUT2D eigenvalue weighted by atomic mass is 35.7. The molecular weight excluding hydrogens is 418 g/mol. The zero-order chi connectivity index (χ0) is 20.2. The Hall–Kier alpha value is -2.19. The van der Waals surface area contributed by atoms with Gasteiger partial charge in [0.2, 0.25) is 10.0 Å². The zero-order valence-corrected chi connectivity index (χ0v) is 17.2. The largest absolute Gasteiger partial charge is 0.262 e. The average molecular weight is 436 g/mol. The third kappa shape index (κ3) is 4.80. The predicted molar refractivity (Wildman–Crippen MR) is 109 cm³/mol. The first-order chi connectivity index (χ1) is 13.3. The van der Waals surface area contributed by atoms with Crippen molar-refractivity contribution in [3.63, 3.8) is 0 Å². The van der Waals surface area contributed by atoms with Crippen molar-refractivity contribution in [3.8, 4) is 0 Å². The standard InChI is InChI=1S/C20H18ClNO4S2/c21-27(23,24)19-13-7-8-14-20(19)28(25,26)22(15-17-9-3-1-4-10-17)16-18-11-5-2-6-12-18/h1-14H,15-16H2. The third-order valence-electron chi connectivity index (χ3n) is 4.13. The van der Waals surface area contributed by atoms with Crippen molar-refractivity contribution in [2.75, 3.05) is 0 Å². The van der Waals surface area contributed by atoms with Gasteiger partial charge in [0.25, 0.3) is 9.05 Å². The van der Waals surface area contributed by atoms with E-state index >= 15 is 0 Å². The van der Waals surface area contributed by atoms with E-state index in [9.17, 15) is 16.8 Å². The van der Waals surface area contributed by atoms with Crippen LogP contribution in [0.5, 0.6) is 0 Å². The minimum atomic E-state index is -4.23. The molecule has 0 bridgehead atoms. The van der Waals surface area contributed by atoms with Crippen molar-refractivity contribution in [3.05, 3.63) is 96.1 Å². The van der Waals surface area contributed by atoms with E-state index in [0.717, 1.165) is 11.1 Å². The number of hydrogen-bond acceptors (Lipinski definition) is 4. The monoisotopic (exact) mass is 435 g/mol. The molecule has 0 unspecified atom stereocenters. The first kappa shape index (κ1) is 20.5. The van der Waals surface area contributed by atoms with Crippen LogP contribution in [-0.2, 0) is 32.2 Å². The number of nitrogens with zero attached hydrogens (tertiary/aromatic N) is 1. The first-order valence-electron chi connectivity index (χ1n) is 8.40. The molecule has 0 heterocycles. The average Bonchev–Trinajstić information content (AvgIpc) is 2.68. The Balaban J connectivity index is 2.09. The van der Waals surface area contributed by atoms with Crippen LogP contribution in [0.2, 0.25) is 0 Å². The van der Waals surface area contributed by atoms with Crippen molar-refractivity contribution in [2.45, 2.75) is 22.9 Å². The summed E-state index contributed by atoms with van der Waals surface area (Å²) < 4.78 is 51.9. The van der Waals surface area contributed by atoms with Crippen LogP contribution in [0.15, 0.2) is 94.7 Å². The Morgan fingerprint density at radius 1 is 0.607 bits per heavy atom. The Morgan fingerprint density at radius 3 is 1.43 bits per heavy atom. The van der Waals surface area contributed by atoms with E-state index in [1.807, 2.05) is 60.7 Å². The topological polar surface area (TPSA) is 71.5 Å². The van der Waals surface area contributed by atoms with E-state index < -0.39 is 24.0 Å². The molecule has 0 N–H and O–H groups in total. The molecule has 0 aliphatic rings. The van der Waals surface area contributed by atoms with Gasteiger partial charge in [0.05, 0.1) is 0 Å². The fourth-order valence-electron chi connectivity index (χ4n) is 2.80. The Bertz CT molecular complexity index is 1110. The molecule has 0 fully saturated rings. The molecule has 28 heavy (non-hydrogen) atoms. The van der Waals surface area contributed by atoms with Crippen molar-refractivity contribution in [2.24, 2.45) is 0 Å². The van der Waals surface area contributed by atoms with E-state index in [0.29, 0.717) is 0 Å². The maximum atomic E-state index is 13.4. The lowest BCUT2D eigenvalue weighted by atomic mass is 10.2. The Labute approximate surface area is 169 Å². The van der Waals surface area contributed by atoms with Crippen LogP contribution in [0.25, 0.3) is 0 Å². The van der Waals surface area contributed by atoms with Gasteiger partial charge in [0.1, 0.15) is 9.79 Å². The fourth-order valence-corrected chi connectivity index (χ4v) is 6.03. The molecule has 0 saturated carbocycles. The molecule has 3 rings (SSSR count). The van der Waals surface area contributed by atoms with Crippen LogP contribution in [0, 0.1) is 0 Å². The van der Waals surface area contributed by atoms with Gasteiger partial charge in [-0.05, 0) is 23.3 Å². The number of rotatable bonds is 7. The first-order valence-corrected chi connectivity index (χ1v) is 12.1. The number of hydrogen-bond donors (Lipinski definition) is 0. The van der Waals surface area contributed by atoms with Crippen LogP contribution in [0.3, 0.4) is 0 Å². The summed E-state index contributed by atoms with van der Waals surface area (Å²) in [7, 11) is -2.89. The van der Waals surface area contributed by atoms with Gasteiger partial charge < -0.3 is 0 Å². The normalized spacial score (nSPS) is 12.2. The third-order valence-corrected chi connectivity index (χ3v) is 7.49. The van der Waals surface area contributed by atoms with Crippen LogP contribution < -0.4 is 0 Å². The van der Waals surface area contributed by atoms with Crippen LogP contribution >= 0.6 is 10.7 Å². The van der Waals surface area contributed by atoms with E-state index in [4.69, 9.17) is 10.7 Å². The van der Waals surface area contributed by atoms with Gasteiger partial charge in [-0.1, -0.05) is 72.8 Å². The molecule has 0 amide bonds. The van der Waals surface area contributed by atoms with E-state index in [2.05, 4.69) is 0 Å². The van der Waals surface area contributed by atoms with Crippen LogP contribution in [0.1, 0.15) is 11.1 Å². The summed E-state index contributed by atoms with van der Waals surface area (Å²) in [6.07, 6.45) is 0. The van der Waals surface area contributed by atoms with Crippen LogP contribution in [-0.4, -0.2) is 21.1 Å². The van der Waals surface area contributed by atoms with Gasteiger partial charge in [-0.2, -0.15) is 4.31 Å². The molecule has 0 aromatic heterocycles. The Morgan fingerprint density at radius 2 is 1.00 bits per heavy atom. The fraction of sp³-hybridized carbons (Fsp3) is 0.100. The van der Waals surface area contributed by atoms with Gasteiger partial charge in [0, 0.05) is 23.8 Å². The maximum absolute atomic E-state index is 13.4. The summed E-state index contributed by atoms with van der Waals surface area (Å²) in [5, 5.41) is 0. The lowest BCUT2D eigenvalue weighted by Crippen LogP contribution is -2.31. The second-order valence-corrected chi connectivity index (χ2v) is 10.6. The summed E-state index contributed by atoms with van der Waals surface area (Å²) in [6.45, 7) is 0.184. The van der Waals surface area contributed by atoms with Gasteiger partial charge in [-0.25, -0.2) is 16.8 Å². The van der Waals surface area contributed by atoms with Gasteiger partial charge in [-0.15, -0.1) is 0 Å². The second-order valence-electron chi connectivity index (χ2n) is 6.13. The van der Waals surface area contributed by atoms with Crippen LogP contribution in [0.4, 0.5) is 0 Å². The van der Waals surface area contributed by atoms with E-state index in [1.54, 1.807) is 0 Å². The highest BCUT2D eigenvalue weighted by Gasteiger charge is 2.30. The summed E-state index contributed by atoms with van der Waals surface area (Å²) in [6, 6.07) is 23.6. The molecule has 5 nitrogen and oxygen atoms in total. The predicted octanol–water partition coefficient (Wildman–Crippen LogP) is 4.01. The summed E-state index contributed by atoms with van der Waals surface area (Å²) in [5.41, 5.74) is 1.57. The van der Waals surface area contributed by atoms with E-state index in [-0.39, 0.29) is 18.0 Å². The molecule has 0 saturated heterocycles. The smallest absolute Gasteiger partial charge is 0.207 e. The van der Waals surface area contributed by atoms with Gasteiger partial charge in [-0.3, -0.25) is 0 Å². The van der Waals surface area contributed by atoms with Gasteiger partial charge in [0.15, 0.2) is 0 Å². The summed E-state index contributed by atoms with van der Waals surface area (Å²) in [4.78, 5) is -0.764. The van der Waals surface area contributed by atoms with Crippen molar-refractivity contribution < 1.29 is 16.8 Å². The minimum Gasteiger partial charge on any atom is -0.207 e. The molecule has 0 radical (unpaired) electrons.